The van der Waals surface area contributed by atoms with Crippen LogP contribution in [0.1, 0.15) is 27.0 Å². The van der Waals surface area contributed by atoms with E-state index in [-0.39, 0.29) is 24.0 Å². The van der Waals surface area contributed by atoms with Crippen LogP contribution >= 0.6 is 0 Å². The van der Waals surface area contributed by atoms with Crippen LogP contribution in [0.5, 0.6) is 11.5 Å². The number of carbonyl (C=O) groups excluding carboxylic acids is 2. The highest BCUT2D eigenvalue weighted by Gasteiger charge is 2.17. The first kappa shape index (κ1) is 20.6. The van der Waals surface area contributed by atoms with Gasteiger partial charge >= 0.3 is 0 Å². The summed E-state index contributed by atoms with van der Waals surface area (Å²) in [6.45, 7) is 5.89. The number of nitrogens with zero attached hydrogens (tertiary/aromatic N) is 1. The zero-order chi connectivity index (χ0) is 20.8. The Morgan fingerprint density at radius 1 is 1.10 bits per heavy atom. The molecule has 0 radical (unpaired) electrons. The van der Waals surface area contributed by atoms with Gasteiger partial charge in [-0.3, -0.25) is 9.59 Å². The minimum atomic E-state index is -0.135. The summed E-state index contributed by atoms with van der Waals surface area (Å²) in [5.41, 5.74) is 2.92. The van der Waals surface area contributed by atoms with Crippen LogP contribution < -0.4 is 4.74 Å². The van der Waals surface area contributed by atoms with E-state index in [4.69, 9.17) is 9.47 Å². The number of phenolic OH excluding ortho intramolecular Hbond substituents is 1. The number of aryl methyl sites for hydroxylation is 2. The number of amides is 1. The molecule has 1 amide bonds. The number of ether oxygens (including phenoxy) is 2. The molecule has 1 aliphatic heterocycles. The van der Waals surface area contributed by atoms with Gasteiger partial charge < -0.3 is 19.5 Å². The van der Waals surface area contributed by atoms with Gasteiger partial charge in [0, 0.05) is 18.7 Å². The summed E-state index contributed by atoms with van der Waals surface area (Å²) >= 11 is 0. The second kappa shape index (κ2) is 9.39. The van der Waals surface area contributed by atoms with E-state index in [1.54, 1.807) is 35.2 Å². The van der Waals surface area contributed by atoms with Gasteiger partial charge in [-0.25, -0.2) is 0 Å². The summed E-state index contributed by atoms with van der Waals surface area (Å²) in [5.74, 6) is 0.605. The van der Waals surface area contributed by atoms with Gasteiger partial charge in [-0.1, -0.05) is 6.08 Å². The molecule has 6 nitrogen and oxygen atoms in total. The van der Waals surface area contributed by atoms with E-state index < -0.39 is 0 Å². The van der Waals surface area contributed by atoms with Crippen LogP contribution in [0.4, 0.5) is 0 Å². The van der Waals surface area contributed by atoms with Crippen LogP contribution in [-0.4, -0.2) is 54.6 Å². The van der Waals surface area contributed by atoms with Crippen LogP contribution in [0.3, 0.4) is 0 Å². The zero-order valence-corrected chi connectivity index (χ0v) is 16.7. The number of morpholine rings is 1. The molecule has 0 unspecified atom stereocenters. The molecular formula is C23H25NO5. The van der Waals surface area contributed by atoms with Gasteiger partial charge in [0.05, 0.1) is 13.2 Å². The van der Waals surface area contributed by atoms with Crippen LogP contribution in [0.15, 0.2) is 42.5 Å². The summed E-state index contributed by atoms with van der Waals surface area (Å²) in [7, 11) is 0. The minimum absolute atomic E-state index is 0.0350. The highest BCUT2D eigenvalue weighted by molar-refractivity contribution is 6.06. The molecule has 6 heteroatoms. The van der Waals surface area contributed by atoms with E-state index in [9.17, 15) is 14.7 Å². The number of hydrogen-bond acceptors (Lipinski definition) is 5. The molecule has 1 N–H and O–H groups in total. The molecule has 152 valence electrons. The van der Waals surface area contributed by atoms with Crippen molar-refractivity contribution in [1.82, 2.24) is 4.90 Å². The van der Waals surface area contributed by atoms with Gasteiger partial charge in [-0.2, -0.15) is 0 Å². The topological polar surface area (TPSA) is 76.1 Å². The maximum Gasteiger partial charge on any atom is 0.260 e. The lowest BCUT2D eigenvalue weighted by Gasteiger charge is -2.26. The van der Waals surface area contributed by atoms with Crippen LogP contribution in [0.2, 0.25) is 0 Å². The average molecular weight is 395 g/mol. The number of carbonyl (C=O) groups is 2. The van der Waals surface area contributed by atoms with E-state index in [1.807, 2.05) is 26.0 Å². The third-order valence-electron chi connectivity index (χ3n) is 4.81. The summed E-state index contributed by atoms with van der Waals surface area (Å²) in [5, 5.41) is 9.83. The van der Waals surface area contributed by atoms with Crippen molar-refractivity contribution in [1.29, 1.82) is 0 Å². The van der Waals surface area contributed by atoms with Gasteiger partial charge in [0.1, 0.15) is 11.5 Å². The molecule has 29 heavy (non-hydrogen) atoms. The van der Waals surface area contributed by atoms with Crippen molar-refractivity contribution in [2.75, 3.05) is 32.9 Å². The van der Waals surface area contributed by atoms with Gasteiger partial charge in [0.15, 0.2) is 12.4 Å². The lowest BCUT2D eigenvalue weighted by molar-refractivity contribution is -0.137. The number of benzene rings is 2. The van der Waals surface area contributed by atoms with Crippen molar-refractivity contribution in [3.8, 4) is 11.5 Å². The van der Waals surface area contributed by atoms with Crippen molar-refractivity contribution in [2.45, 2.75) is 13.8 Å². The second-order valence-electron chi connectivity index (χ2n) is 7.01. The third kappa shape index (κ3) is 5.45. The normalized spacial score (nSPS) is 14.2. The summed E-state index contributed by atoms with van der Waals surface area (Å²) in [6.07, 6.45) is 3.23. The predicted molar refractivity (Wildman–Crippen MR) is 110 cm³/mol. The van der Waals surface area contributed by atoms with Gasteiger partial charge in [-0.05, 0) is 73.0 Å². The van der Waals surface area contributed by atoms with Crippen LogP contribution in [-0.2, 0) is 9.53 Å². The molecule has 0 aliphatic carbocycles. The first-order valence-corrected chi connectivity index (χ1v) is 9.55. The van der Waals surface area contributed by atoms with Gasteiger partial charge in [0.25, 0.3) is 5.91 Å². The molecule has 0 spiro atoms. The SMILES string of the molecule is Cc1cc(/C=C/C(=O)c2ccc(OCC(=O)N3CCOCC3)cc2)cc(C)c1O. The fraction of sp³-hybridized carbons (Fsp3) is 0.304. The Morgan fingerprint density at radius 2 is 1.72 bits per heavy atom. The Morgan fingerprint density at radius 3 is 2.34 bits per heavy atom. The Bertz CT molecular complexity index is 888. The number of phenols is 1. The molecule has 1 heterocycles. The number of allylic oxidation sites excluding steroid dienone is 1. The Kier molecular flexibility index (Phi) is 6.67. The first-order valence-electron chi connectivity index (χ1n) is 9.55. The van der Waals surface area contributed by atoms with E-state index in [1.165, 1.54) is 6.08 Å². The van der Waals surface area contributed by atoms with E-state index in [0.29, 0.717) is 37.6 Å². The average Bonchev–Trinajstić information content (AvgIpc) is 2.75. The Hall–Kier alpha value is -3.12. The third-order valence-corrected chi connectivity index (χ3v) is 4.81. The van der Waals surface area contributed by atoms with Crippen LogP contribution in [0.25, 0.3) is 6.08 Å². The van der Waals surface area contributed by atoms with Gasteiger partial charge in [-0.15, -0.1) is 0 Å². The van der Waals surface area contributed by atoms with Crippen molar-refractivity contribution in [3.63, 3.8) is 0 Å². The number of hydrogen-bond donors (Lipinski definition) is 1. The number of ketones is 1. The number of aromatic hydroxyl groups is 1. The Labute approximate surface area is 170 Å². The highest BCUT2D eigenvalue weighted by Crippen LogP contribution is 2.23. The maximum atomic E-state index is 12.4. The van der Waals surface area contributed by atoms with Crippen molar-refractivity contribution in [2.24, 2.45) is 0 Å². The van der Waals surface area contributed by atoms with Gasteiger partial charge in [0.2, 0.25) is 0 Å². The molecule has 1 saturated heterocycles. The molecule has 2 aromatic rings. The second-order valence-corrected chi connectivity index (χ2v) is 7.01. The summed E-state index contributed by atoms with van der Waals surface area (Å²) in [6, 6.07) is 10.4. The molecule has 2 aromatic carbocycles. The summed E-state index contributed by atoms with van der Waals surface area (Å²) < 4.78 is 10.8. The largest absolute Gasteiger partial charge is 0.507 e. The number of rotatable bonds is 6. The van der Waals surface area contributed by atoms with E-state index in [2.05, 4.69) is 0 Å². The first-order chi connectivity index (χ1) is 13.9. The standard InChI is InChI=1S/C23H25NO5/c1-16-13-18(14-17(2)23(16)27)3-8-21(25)19-4-6-20(7-5-19)29-15-22(26)24-9-11-28-12-10-24/h3-8,13-14,27H,9-12,15H2,1-2H3/b8-3+. The van der Waals surface area contributed by atoms with E-state index in [0.717, 1.165) is 16.7 Å². The smallest absolute Gasteiger partial charge is 0.260 e. The molecular weight excluding hydrogens is 370 g/mol. The van der Waals surface area contributed by atoms with Crippen molar-refractivity contribution >= 4 is 17.8 Å². The fourth-order valence-electron chi connectivity index (χ4n) is 3.12. The lowest BCUT2D eigenvalue weighted by atomic mass is 10.0. The zero-order valence-electron chi connectivity index (χ0n) is 16.7. The minimum Gasteiger partial charge on any atom is -0.507 e. The summed E-state index contributed by atoms with van der Waals surface area (Å²) in [4.78, 5) is 26.2. The molecule has 1 aliphatic rings. The Balaban J connectivity index is 1.56. The molecule has 0 saturated carbocycles. The van der Waals surface area contributed by atoms with Crippen LogP contribution in [0, 0.1) is 13.8 Å². The maximum absolute atomic E-state index is 12.4. The molecule has 0 atom stereocenters. The molecule has 1 fully saturated rings. The fourth-order valence-corrected chi connectivity index (χ4v) is 3.12. The predicted octanol–water partition coefficient (Wildman–Crippen LogP) is 3.14. The van der Waals surface area contributed by atoms with E-state index >= 15 is 0 Å². The highest BCUT2D eigenvalue weighted by atomic mass is 16.5. The quantitative estimate of drug-likeness (QED) is 0.601. The lowest BCUT2D eigenvalue weighted by Crippen LogP contribution is -2.42. The molecule has 0 bridgehead atoms. The molecule has 3 rings (SSSR count). The van der Waals surface area contributed by atoms with Crippen molar-refractivity contribution < 1.29 is 24.2 Å². The monoisotopic (exact) mass is 395 g/mol. The van der Waals surface area contributed by atoms with Crippen molar-refractivity contribution in [3.05, 3.63) is 64.7 Å². The molecule has 0 aromatic heterocycles.